The van der Waals surface area contributed by atoms with E-state index < -0.39 is 5.92 Å². The van der Waals surface area contributed by atoms with Gasteiger partial charge in [-0.3, -0.25) is 9.59 Å². The first kappa shape index (κ1) is 20.3. The van der Waals surface area contributed by atoms with Crippen LogP contribution in [0.15, 0.2) is 72.8 Å². The molecule has 30 heavy (non-hydrogen) atoms. The van der Waals surface area contributed by atoms with Gasteiger partial charge in [0.1, 0.15) is 11.5 Å². The molecule has 1 fully saturated rings. The van der Waals surface area contributed by atoms with Crippen LogP contribution in [-0.4, -0.2) is 18.4 Å². The molecular formula is C23H18Cl2N2O3. The molecule has 1 aliphatic heterocycles. The second kappa shape index (κ2) is 8.78. The molecule has 7 heteroatoms. The number of benzene rings is 3. The lowest BCUT2D eigenvalue weighted by Gasteiger charge is -2.17. The molecule has 0 saturated carbocycles. The lowest BCUT2D eigenvalue weighted by Crippen LogP contribution is -2.28. The maximum absolute atomic E-state index is 12.6. The average Bonchev–Trinajstić information content (AvgIpc) is 3.14. The SMILES string of the molecule is O=C(Nc1ccc(Cl)c(Cl)c1)[C@H]1CC(=O)N(c2ccc(Oc3ccccc3)cc2)C1. The topological polar surface area (TPSA) is 58.6 Å². The zero-order valence-corrected chi connectivity index (χ0v) is 17.4. The predicted octanol–water partition coefficient (Wildman–Crippen LogP) is 5.78. The number of hydrogen-bond acceptors (Lipinski definition) is 3. The van der Waals surface area contributed by atoms with E-state index in [4.69, 9.17) is 27.9 Å². The normalized spacial score (nSPS) is 15.9. The number of para-hydroxylation sites is 1. The molecule has 0 unspecified atom stereocenters. The summed E-state index contributed by atoms with van der Waals surface area (Å²) in [5.74, 6) is 0.633. The van der Waals surface area contributed by atoms with E-state index in [1.54, 1.807) is 35.2 Å². The Morgan fingerprint density at radius 2 is 1.63 bits per heavy atom. The zero-order valence-electron chi connectivity index (χ0n) is 15.8. The zero-order chi connectivity index (χ0) is 21.1. The number of nitrogens with zero attached hydrogens (tertiary/aromatic N) is 1. The number of halogens is 2. The fourth-order valence-electron chi connectivity index (χ4n) is 3.27. The van der Waals surface area contributed by atoms with Crippen molar-refractivity contribution in [2.45, 2.75) is 6.42 Å². The van der Waals surface area contributed by atoms with Crippen LogP contribution in [0.3, 0.4) is 0 Å². The second-order valence-corrected chi connectivity index (χ2v) is 7.75. The molecule has 1 heterocycles. The molecule has 1 aliphatic rings. The van der Waals surface area contributed by atoms with Gasteiger partial charge in [-0.1, -0.05) is 41.4 Å². The summed E-state index contributed by atoms with van der Waals surface area (Å²) in [5, 5.41) is 3.57. The Morgan fingerprint density at radius 3 is 2.33 bits per heavy atom. The molecule has 0 aliphatic carbocycles. The number of amides is 2. The van der Waals surface area contributed by atoms with Gasteiger partial charge in [0.25, 0.3) is 0 Å². The van der Waals surface area contributed by atoms with Crippen LogP contribution in [0, 0.1) is 5.92 Å². The minimum absolute atomic E-state index is 0.0963. The molecule has 5 nitrogen and oxygen atoms in total. The quantitative estimate of drug-likeness (QED) is 0.546. The van der Waals surface area contributed by atoms with E-state index in [0.29, 0.717) is 28.0 Å². The van der Waals surface area contributed by atoms with E-state index in [1.807, 2.05) is 42.5 Å². The molecule has 1 saturated heterocycles. The summed E-state index contributed by atoms with van der Waals surface area (Å²) in [6, 6.07) is 21.6. The Morgan fingerprint density at radius 1 is 0.933 bits per heavy atom. The third-order valence-corrected chi connectivity index (χ3v) is 5.55. The third-order valence-electron chi connectivity index (χ3n) is 4.81. The minimum atomic E-state index is -0.452. The summed E-state index contributed by atoms with van der Waals surface area (Å²) in [6.45, 7) is 0.310. The van der Waals surface area contributed by atoms with Gasteiger partial charge in [-0.05, 0) is 54.6 Å². The number of hydrogen-bond donors (Lipinski definition) is 1. The van der Waals surface area contributed by atoms with E-state index in [1.165, 1.54) is 0 Å². The van der Waals surface area contributed by atoms with Crippen molar-refractivity contribution in [3.8, 4) is 11.5 Å². The number of carbonyl (C=O) groups is 2. The molecule has 0 aromatic heterocycles. The molecule has 3 aromatic rings. The van der Waals surface area contributed by atoms with Gasteiger partial charge in [-0.25, -0.2) is 0 Å². The first-order valence-electron chi connectivity index (χ1n) is 9.39. The number of ether oxygens (including phenoxy) is 1. The fraction of sp³-hybridized carbons (Fsp3) is 0.130. The van der Waals surface area contributed by atoms with E-state index in [9.17, 15) is 9.59 Å². The van der Waals surface area contributed by atoms with Crippen LogP contribution in [-0.2, 0) is 9.59 Å². The van der Waals surface area contributed by atoms with Crippen LogP contribution in [0.2, 0.25) is 10.0 Å². The van der Waals surface area contributed by atoms with Crippen molar-refractivity contribution in [1.82, 2.24) is 0 Å². The first-order chi connectivity index (χ1) is 14.5. The molecule has 4 rings (SSSR count). The molecule has 2 amide bonds. The smallest absolute Gasteiger partial charge is 0.229 e. The maximum atomic E-state index is 12.6. The first-order valence-corrected chi connectivity index (χ1v) is 10.1. The van der Waals surface area contributed by atoms with Crippen LogP contribution in [0.25, 0.3) is 0 Å². The summed E-state index contributed by atoms with van der Waals surface area (Å²) in [6.07, 6.45) is 0.148. The van der Waals surface area contributed by atoms with Gasteiger partial charge in [0, 0.05) is 24.3 Å². The summed E-state index contributed by atoms with van der Waals surface area (Å²) in [5.41, 5.74) is 1.27. The molecule has 1 atom stereocenters. The van der Waals surface area contributed by atoms with E-state index in [0.717, 1.165) is 11.4 Å². The second-order valence-electron chi connectivity index (χ2n) is 6.93. The predicted molar refractivity (Wildman–Crippen MR) is 119 cm³/mol. The Bertz CT molecular complexity index is 1070. The van der Waals surface area contributed by atoms with Gasteiger partial charge in [-0.2, -0.15) is 0 Å². The third kappa shape index (κ3) is 4.58. The Labute approximate surface area is 184 Å². The molecular weight excluding hydrogens is 423 g/mol. The lowest BCUT2D eigenvalue weighted by molar-refractivity contribution is -0.122. The van der Waals surface area contributed by atoms with Crippen molar-refractivity contribution in [1.29, 1.82) is 0 Å². The fourth-order valence-corrected chi connectivity index (χ4v) is 3.57. The van der Waals surface area contributed by atoms with Crippen LogP contribution in [0.4, 0.5) is 11.4 Å². The summed E-state index contributed by atoms with van der Waals surface area (Å²) < 4.78 is 5.78. The van der Waals surface area contributed by atoms with Crippen LogP contribution >= 0.6 is 23.2 Å². The van der Waals surface area contributed by atoms with Crippen LogP contribution in [0.5, 0.6) is 11.5 Å². The molecule has 3 aromatic carbocycles. The van der Waals surface area contributed by atoms with Crippen molar-refractivity contribution in [2.75, 3.05) is 16.8 Å². The van der Waals surface area contributed by atoms with Crippen LogP contribution in [0.1, 0.15) is 6.42 Å². The van der Waals surface area contributed by atoms with Crippen LogP contribution < -0.4 is 15.0 Å². The van der Waals surface area contributed by atoms with Crippen molar-refractivity contribution >= 4 is 46.4 Å². The molecule has 0 radical (unpaired) electrons. The van der Waals surface area contributed by atoms with E-state index in [2.05, 4.69) is 5.32 Å². The summed E-state index contributed by atoms with van der Waals surface area (Å²) >= 11 is 11.9. The van der Waals surface area contributed by atoms with Gasteiger partial charge in [0.15, 0.2) is 0 Å². The van der Waals surface area contributed by atoms with Gasteiger partial charge in [0.2, 0.25) is 11.8 Å². The number of carbonyl (C=O) groups excluding carboxylic acids is 2. The monoisotopic (exact) mass is 440 g/mol. The number of nitrogens with one attached hydrogen (secondary N) is 1. The average molecular weight is 441 g/mol. The Hall–Kier alpha value is -3.02. The Kier molecular flexibility index (Phi) is 5.93. The highest BCUT2D eigenvalue weighted by molar-refractivity contribution is 6.42. The molecule has 0 bridgehead atoms. The minimum Gasteiger partial charge on any atom is -0.457 e. The van der Waals surface area contributed by atoms with Gasteiger partial charge >= 0.3 is 0 Å². The largest absolute Gasteiger partial charge is 0.457 e. The highest BCUT2D eigenvalue weighted by atomic mass is 35.5. The van der Waals surface area contributed by atoms with Crippen molar-refractivity contribution < 1.29 is 14.3 Å². The highest BCUT2D eigenvalue weighted by Crippen LogP contribution is 2.30. The molecule has 152 valence electrons. The number of rotatable bonds is 5. The van der Waals surface area contributed by atoms with Crippen molar-refractivity contribution in [3.05, 3.63) is 82.8 Å². The molecule has 0 spiro atoms. The van der Waals surface area contributed by atoms with Crippen molar-refractivity contribution in [2.24, 2.45) is 5.92 Å². The number of anilines is 2. The lowest BCUT2D eigenvalue weighted by atomic mass is 10.1. The maximum Gasteiger partial charge on any atom is 0.229 e. The van der Waals surface area contributed by atoms with E-state index in [-0.39, 0.29) is 18.2 Å². The summed E-state index contributed by atoms with van der Waals surface area (Å²) in [7, 11) is 0. The van der Waals surface area contributed by atoms with Gasteiger partial charge in [-0.15, -0.1) is 0 Å². The Balaban J connectivity index is 1.40. The van der Waals surface area contributed by atoms with E-state index >= 15 is 0 Å². The van der Waals surface area contributed by atoms with Crippen molar-refractivity contribution in [3.63, 3.8) is 0 Å². The molecule has 1 N–H and O–H groups in total. The van der Waals surface area contributed by atoms with Gasteiger partial charge in [0.05, 0.1) is 16.0 Å². The highest BCUT2D eigenvalue weighted by Gasteiger charge is 2.35. The summed E-state index contributed by atoms with van der Waals surface area (Å²) in [4.78, 5) is 26.7. The van der Waals surface area contributed by atoms with Gasteiger partial charge < -0.3 is 15.0 Å². The standard InChI is InChI=1S/C23H18Cl2N2O3/c24-20-11-6-16(13-21(20)25)26-23(29)15-12-22(28)27(14-15)17-7-9-19(10-8-17)30-18-4-2-1-3-5-18/h1-11,13,15H,12,14H2,(H,26,29)/t15-/m0/s1.